The van der Waals surface area contributed by atoms with Gasteiger partial charge in [-0.05, 0) is 67.5 Å². The second kappa shape index (κ2) is 12.0. The fraction of sp³-hybridized carbons (Fsp3) is 0.385. The van der Waals surface area contributed by atoms with Crippen molar-refractivity contribution in [3.8, 4) is 0 Å². The maximum Gasteiger partial charge on any atom is 0.269 e. The van der Waals surface area contributed by atoms with Crippen LogP contribution in [0.2, 0.25) is 0 Å². The first-order valence-electron chi connectivity index (χ1n) is 11.8. The van der Waals surface area contributed by atoms with Crippen LogP contribution in [0.25, 0.3) is 0 Å². The number of benzene rings is 2. The third-order valence-corrected chi connectivity index (χ3v) is 6.26. The minimum absolute atomic E-state index is 0.323. The molecule has 0 spiro atoms. The zero-order valence-electron chi connectivity index (χ0n) is 19.6. The molecule has 180 valence electrons. The molecule has 1 aliphatic carbocycles. The molecule has 0 radical (unpaired) electrons. The molecule has 0 bridgehead atoms. The van der Waals surface area contributed by atoms with Gasteiger partial charge in [0.25, 0.3) is 11.8 Å². The van der Waals surface area contributed by atoms with Crippen LogP contribution >= 0.6 is 0 Å². The van der Waals surface area contributed by atoms with Crippen LogP contribution in [-0.2, 0) is 22.4 Å². The van der Waals surface area contributed by atoms with Gasteiger partial charge in [0.2, 0.25) is 11.8 Å². The fourth-order valence-electron chi connectivity index (χ4n) is 4.03. The average molecular weight is 465 g/mol. The number of aryl methyl sites for hydroxylation is 2. The van der Waals surface area contributed by atoms with Gasteiger partial charge in [0.1, 0.15) is 0 Å². The fourth-order valence-corrected chi connectivity index (χ4v) is 4.03. The van der Waals surface area contributed by atoms with Crippen molar-refractivity contribution in [1.82, 2.24) is 21.7 Å². The predicted octanol–water partition coefficient (Wildman–Crippen LogP) is 2.84. The summed E-state index contributed by atoms with van der Waals surface area (Å²) >= 11 is 0. The van der Waals surface area contributed by atoms with Crippen LogP contribution in [0.1, 0.15) is 71.4 Å². The maximum absolute atomic E-state index is 12.6. The highest BCUT2D eigenvalue weighted by Gasteiger charge is 2.31. The second-order valence-corrected chi connectivity index (χ2v) is 8.55. The molecule has 2 unspecified atom stereocenters. The summed E-state index contributed by atoms with van der Waals surface area (Å²) in [6.07, 6.45) is 4.07. The number of rotatable bonds is 6. The van der Waals surface area contributed by atoms with Crippen molar-refractivity contribution in [3.05, 3.63) is 70.8 Å². The minimum atomic E-state index is -0.399. The average Bonchev–Trinajstić information content (AvgIpc) is 2.90. The third-order valence-electron chi connectivity index (χ3n) is 6.26. The quantitative estimate of drug-likeness (QED) is 0.492. The molecule has 2 aromatic rings. The van der Waals surface area contributed by atoms with Crippen molar-refractivity contribution in [2.24, 2.45) is 11.8 Å². The molecule has 34 heavy (non-hydrogen) atoms. The lowest BCUT2D eigenvalue weighted by atomic mass is 9.80. The Labute approximate surface area is 199 Å². The highest BCUT2D eigenvalue weighted by molar-refractivity contribution is 5.96. The molecule has 2 atom stereocenters. The Kier molecular flexibility index (Phi) is 8.79. The lowest BCUT2D eigenvalue weighted by Gasteiger charge is -2.27. The van der Waals surface area contributed by atoms with E-state index in [1.54, 1.807) is 24.3 Å². The molecule has 3 rings (SSSR count). The normalized spacial score (nSPS) is 17.4. The molecule has 0 saturated heterocycles. The highest BCUT2D eigenvalue weighted by Crippen LogP contribution is 2.29. The first kappa shape index (κ1) is 25.0. The van der Waals surface area contributed by atoms with E-state index in [2.05, 4.69) is 21.7 Å². The molecule has 4 amide bonds. The number of nitrogens with one attached hydrogen (secondary N) is 4. The Balaban J connectivity index is 1.45. The first-order valence-corrected chi connectivity index (χ1v) is 11.8. The van der Waals surface area contributed by atoms with Gasteiger partial charge in [-0.25, -0.2) is 0 Å². The van der Waals surface area contributed by atoms with Crippen LogP contribution in [0.3, 0.4) is 0 Å². The number of carbonyl (C=O) groups excluding carboxylic acids is 4. The Morgan fingerprint density at radius 2 is 1.03 bits per heavy atom. The number of amides is 4. The van der Waals surface area contributed by atoms with Gasteiger partial charge >= 0.3 is 0 Å². The van der Waals surface area contributed by atoms with Gasteiger partial charge in [-0.1, -0.05) is 44.5 Å². The van der Waals surface area contributed by atoms with Crippen LogP contribution < -0.4 is 21.7 Å². The predicted molar refractivity (Wildman–Crippen MR) is 128 cm³/mol. The second-order valence-electron chi connectivity index (χ2n) is 8.55. The van der Waals surface area contributed by atoms with E-state index in [-0.39, 0.29) is 11.8 Å². The summed E-state index contributed by atoms with van der Waals surface area (Å²) in [5.74, 6) is -2.23. The van der Waals surface area contributed by atoms with Crippen molar-refractivity contribution in [2.75, 3.05) is 0 Å². The summed E-state index contributed by atoms with van der Waals surface area (Å²) in [6.45, 7) is 4.07. The third kappa shape index (κ3) is 6.66. The van der Waals surface area contributed by atoms with Crippen LogP contribution in [0.15, 0.2) is 48.5 Å². The summed E-state index contributed by atoms with van der Waals surface area (Å²) < 4.78 is 0. The number of hydrazine groups is 2. The Morgan fingerprint density at radius 3 is 1.38 bits per heavy atom. The summed E-state index contributed by atoms with van der Waals surface area (Å²) in [5.41, 5.74) is 13.0. The largest absolute Gasteiger partial charge is 0.273 e. The molecule has 0 aliphatic heterocycles. The van der Waals surface area contributed by atoms with Gasteiger partial charge in [0.15, 0.2) is 0 Å². The molecule has 1 saturated carbocycles. The SMILES string of the molecule is CCc1ccc(C(=O)NNC(=O)C2CCCC(C(=O)NNC(=O)c3ccc(CC)cc3)C2)cc1. The van der Waals surface area contributed by atoms with E-state index in [0.717, 1.165) is 24.0 Å². The Morgan fingerprint density at radius 1 is 0.647 bits per heavy atom. The molecule has 8 nitrogen and oxygen atoms in total. The first-order chi connectivity index (χ1) is 16.4. The summed E-state index contributed by atoms with van der Waals surface area (Å²) in [4.78, 5) is 49.7. The minimum Gasteiger partial charge on any atom is -0.273 e. The summed E-state index contributed by atoms with van der Waals surface area (Å²) in [7, 11) is 0. The van der Waals surface area contributed by atoms with Crippen molar-refractivity contribution >= 4 is 23.6 Å². The Hall–Kier alpha value is -3.68. The van der Waals surface area contributed by atoms with Gasteiger partial charge in [-0.2, -0.15) is 0 Å². The van der Waals surface area contributed by atoms with Gasteiger partial charge in [0, 0.05) is 23.0 Å². The molecule has 0 aromatic heterocycles. The van der Waals surface area contributed by atoms with E-state index < -0.39 is 23.7 Å². The van der Waals surface area contributed by atoms with E-state index in [9.17, 15) is 19.2 Å². The topological polar surface area (TPSA) is 116 Å². The van der Waals surface area contributed by atoms with E-state index in [4.69, 9.17) is 0 Å². The lowest BCUT2D eigenvalue weighted by Crippen LogP contribution is -2.48. The van der Waals surface area contributed by atoms with Gasteiger partial charge in [-0.15, -0.1) is 0 Å². The van der Waals surface area contributed by atoms with E-state index in [0.29, 0.717) is 36.8 Å². The molecule has 0 heterocycles. The lowest BCUT2D eigenvalue weighted by molar-refractivity contribution is -0.131. The summed E-state index contributed by atoms with van der Waals surface area (Å²) in [5, 5.41) is 0. The van der Waals surface area contributed by atoms with Crippen molar-refractivity contribution < 1.29 is 19.2 Å². The highest BCUT2D eigenvalue weighted by atomic mass is 16.2. The molecule has 1 fully saturated rings. The van der Waals surface area contributed by atoms with E-state index in [1.165, 1.54) is 0 Å². The smallest absolute Gasteiger partial charge is 0.269 e. The van der Waals surface area contributed by atoms with Crippen molar-refractivity contribution in [3.63, 3.8) is 0 Å². The van der Waals surface area contributed by atoms with Crippen molar-refractivity contribution in [2.45, 2.75) is 52.4 Å². The van der Waals surface area contributed by atoms with Gasteiger partial charge in [-0.3, -0.25) is 40.9 Å². The Bertz CT molecular complexity index is 937. The molecule has 2 aromatic carbocycles. The number of hydrogen-bond acceptors (Lipinski definition) is 4. The standard InChI is InChI=1S/C26H32N4O4/c1-3-17-8-12-19(13-9-17)23(31)27-29-25(33)21-6-5-7-22(16-21)26(34)30-28-24(32)20-14-10-18(4-2)11-15-20/h8-15,21-22H,3-7,16H2,1-2H3,(H,27,31)(H,28,32)(H,29,33)(H,30,34). The monoisotopic (exact) mass is 464 g/mol. The van der Waals surface area contributed by atoms with Crippen LogP contribution in [0.4, 0.5) is 0 Å². The van der Waals surface area contributed by atoms with E-state index in [1.807, 2.05) is 38.1 Å². The maximum atomic E-state index is 12.6. The zero-order valence-corrected chi connectivity index (χ0v) is 19.6. The van der Waals surface area contributed by atoms with Gasteiger partial charge < -0.3 is 0 Å². The van der Waals surface area contributed by atoms with Crippen LogP contribution in [0.5, 0.6) is 0 Å². The summed E-state index contributed by atoms with van der Waals surface area (Å²) in [6, 6.07) is 14.4. The van der Waals surface area contributed by atoms with Crippen molar-refractivity contribution in [1.29, 1.82) is 0 Å². The molecule has 8 heteroatoms. The van der Waals surface area contributed by atoms with Crippen LogP contribution in [0, 0.1) is 11.8 Å². The molecular formula is C26H32N4O4. The number of hydrogen-bond donors (Lipinski definition) is 4. The molecule has 4 N–H and O–H groups in total. The number of carbonyl (C=O) groups is 4. The zero-order chi connectivity index (χ0) is 24.5. The van der Waals surface area contributed by atoms with E-state index >= 15 is 0 Å². The van der Waals surface area contributed by atoms with Gasteiger partial charge in [0.05, 0.1) is 0 Å². The molecule has 1 aliphatic rings. The van der Waals surface area contributed by atoms with Crippen LogP contribution in [-0.4, -0.2) is 23.6 Å². The molecular weight excluding hydrogens is 432 g/mol.